The monoisotopic (exact) mass is 776 g/mol. The van der Waals surface area contributed by atoms with Gasteiger partial charge in [0.05, 0.1) is 40.3 Å². The third kappa shape index (κ3) is 39.3. The number of rotatable bonds is 39. The normalized spacial score (nSPS) is 13.4. The summed E-state index contributed by atoms with van der Waals surface area (Å²) in [5.41, 5.74) is 0. The molecule has 0 radical (unpaired) electrons. The second-order valence-corrected chi connectivity index (χ2v) is 15.6. The van der Waals surface area contributed by atoms with Gasteiger partial charge in [-0.05, 0) is 70.6 Å². The van der Waals surface area contributed by atoms with Gasteiger partial charge in [0.1, 0.15) is 13.2 Å². The average Bonchev–Trinajstić information content (AvgIpc) is 3.14. The minimum atomic E-state index is -1.62. The zero-order chi connectivity index (χ0) is 40.7. The van der Waals surface area contributed by atoms with E-state index in [1.54, 1.807) is 0 Å². The summed E-state index contributed by atoms with van der Waals surface area (Å²) in [7, 11) is 5.89. The molecule has 0 saturated carbocycles. The van der Waals surface area contributed by atoms with E-state index in [0.29, 0.717) is 17.4 Å². The number of allylic oxidation sites excluding steroid dienone is 8. The van der Waals surface area contributed by atoms with Crippen LogP contribution in [0.2, 0.25) is 0 Å². The first kappa shape index (κ1) is 52.2. The third-order valence-corrected chi connectivity index (χ3v) is 9.06. The summed E-state index contributed by atoms with van der Waals surface area (Å²) in [4.78, 5) is 36.9. The van der Waals surface area contributed by atoms with E-state index in [-0.39, 0.29) is 38.6 Å². The van der Waals surface area contributed by atoms with Gasteiger partial charge in [0.2, 0.25) is 0 Å². The van der Waals surface area contributed by atoms with Gasteiger partial charge >= 0.3 is 11.9 Å². The summed E-state index contributed by atoms with van der Waals surface area (Å²) >= 11 is 0. The van der Waals surface area contributed by atoms with Crippen LogP contribution >= 0.6 is 0 Å². The molecular formula is C46H81NO8. The van der Waals surface area contributed by atoms with Crippen molar-refractivity contribution < 1.29 is 42.9 Å². The Balaban J connectivity index is 4.49. The number of hydrogen-bond donors (Lipinski definition) is 0. The second kappa shape index (κ2) is 38.1. The van der Waals surface area contributed by atoms with Crippen molar-refractivity contribution in [2.45, 2.75) is 180 Å². The van der Waals surface area contributed by atoms with Crippen molar-refractivity contribution in [3.8, 4) is 0 Å². The van der Waals surface area contributed by atoms with E-state index in [4.69, 9.17) is 18.9 Å². The van der Waals surface area contributed by atoms with E-state index in [0.717, 1.165) is 83.5 Å². The standard InChI is InChI=1S/C46H81NO8/c1-6-8-10-12-14-16-18-20-21-22-23-25-27-29-31-33-35-37-44(49)55-42(41-54-46(45(50)51)52-39-38-47(3,4)5)40-53-43(48)36-34-32-30-28-26-24-19-17-15-13-11-9-7-2/h8,10,14,16-17,19-21,42,46H,6-7,9,11-13,15,18,22-41H2,1-5H3/b10-8-,16-14-,19-17-,21-20-. The number of nitrogens with zero attached hydrogens (tertiary/aromatic N) is 1. The molecule has 0 amide bonds. The second-order valence-electron chi connectivity index (χ2n) is 15.6. The third-order valence-electron chi connectivity index (χ3n) is 9.06. The highest BCUT2D eigenvalue weighted by Gasteiger charge is 2.21. The fourth-order valence-electron chi connectivity index (χ4n) is 5.66. The van der Waals surface area contributed by atoms with Crippen LogP contribution in [-0.2, 0) is 33.3 Å². The number of likely N-dealkylation sites (N-methyl/N-ethyl adjacent to an activating group) is 1. The first-order chi connectivity index (χ1) is 26.6. The average molecular weight is 776 g/mol. The highest BCUT2D eigenvalue weighted by molar-refractivity contribution is 5.70. The molecule has 0 aromatic rings. The Morgan fingerprint density at radius 2 is 1.04 bits per heavy atom. The summed E-state index contributed by atoms with van der Waals surface area (Å²) < 4.78 is 22.5. The molecule has 2 atom stereocenters. The molecule has 9 nitrogen and oxygen atoms in total. The number of ether oxygens (including phenoxy) is 4. The zero-order valence-electron chi connectivity index (χ0n) is 35.8. The molecule has 0 aliphatic carbocycles. The minimum Gasteiger partial charge on any atom is -0.545 e. The molecule has 0 saturated heterocycles. The smallest absolute Gasteiger partial charge is 0.306 e. The van der Waals surface area contributed by atoms with Crippen LogP contribution in [0.1, 0.15) is 168 Å². The van der Waals surface area contributed by atoms with E-state index in [2.05, 4.69) is 62.5 Å². The number of aliphatic carboxylic acids is 1. The first-order valence-corrected chi connectivity index (χ1v) is 21.8. The van der Waals surface area contributed by atoms with Crippen LogP contribution < -0.4 is 5.11 Å². The Bertz CT molecular complexity index is 1050. The van der Waals surface area contributed by atoms with Crippen LogP contribution in [0.4, 0.5) is 0 Å². The molecule has 318 valence electrons. The molecule has 55 heavy (non-hydrogen) atoms. The van der Waals surface area contributed by atoms with Gasteiger partial charge in [-0.1, -0.05) is 133 Å². The van der Waals surface area contributed by atoms with E-state index < -0.39 is 24.3 Å². The molecule has 2 unspecified atom stereocenters. The predicted molar refractivity (Wildman–Crippen MR) is 223 cm³/mol. The van der Waals surface area contributed by atoms with Crippen molar-refractivity contribution in [2.24, 2.45) is 0 Å². The Kier molecular flexibility index (Phi) is 36.2. The molecule has 9 heteroatoms. The van der Waals surface area contributed by atoms with Crippen molar-refractivity contribution in [1.29, 1.82) is 0 Å². The number of carbonyl (C=O) groups excluding carboxylic acids is 3. The van der Waals surface area contributed by atoms with E-state index in [1.807, 2.05) is 21.1 Å². The number of unbranched alkanes of at least 4 members (excludes halogenated alkanes) is 16. The summed E-state index contributed by atoms with van der Waals surface area (Å²) in [6.45, 7) is 4.58. The number of carboxylic acid groups (broad SMARTS) is 1. The molecule has 0 N–H and O–H groups in total. The van der Waals surface area contributed by atoms with E-state index in [9.17, 15) is 19.5 Å². The van der Waals surface area contributed by atoms with Crippen LogP contribution in [-0.4, -0.2) is 82.3 Å². The van der Waals surface area contributed by atoms with Gasteiger partial charge in [0.25, 0.3) is 0 Å². The SMILES string of the molecule is CC/C=C\C/C=C\C/C=C\CCCCCCCCCC(=O)OC(COC(=O)CCCCCCC/C=C\CCCCCC)COC(OCC[N+](C)(C)C)C(=O)[O-]. The maximum absolute atomic E-state index is 12.7. The van der Waals surface area contributed by atoms with Crippen molar-refractivity contribution in [1.82, 2.24) is 0 Å². The Labute approximate surface area is 336 Å². The van der Waals surface area contributed by atoms with Gasteiger partial charge in [-0.2, -0.15) is 0 Å². The maximum atomic E-state index is 12.7. The number of hydrogen-bond acceptors (Lipinski definition) is 8. The molecule has 0 aliphatic rings. The molecule has 0 rings (SSSR count). The zero-order valence-corrected chi connectivity index (χ0v) is 35.8. The van der Waals surface area contributed by atoms with Crippen LogP contribution in [0.25, 0.3) is 0 Å². The molecule has 0 aromatic carbocycles. The molecule has 0 bridgehead atoms. The van der Waals surface area contributed by atoms with E-state index in [1.165, 1.54) is 51.4 Å². The Morgan fingerprint density at radius 1 is 0.564 bits per heavy atom. The Hall–Kier alpha value is -2.75. The lowest BCUT2D eigenvalue weighted by Gasteiger charge is -2.26. The van der Waals surface area contributed by atoms with Crippen molar-refractivity contribution in [2.75, 3.05) is 47.5 Å². The number of esters is 2. The van der Waals surface area contributed by atoms with Crippen molar-refractivity contribution >= 4 is 17.9 Å². The fraction of sp³-hybridized carbons (Fsp3) is 0.761. The van der Waals surface area contributed by atoms with Crippen LogP contribution in [0.15, 0.2) is 48.6 Å². The summed E-state index contributed by atoms with van der Waals surface area (Å²) in [5, 5.41) is 11.7. The first-order valence-electron chi connectivity index (χ1n) is 21.8. The van der Waals surface area contributed by atoms with Crippen molar-refractivity contribution in [3.05, 3.63) is 48.6 Å². The lowest BCUT2D eigenvalue weighted by molar-refractivity contribution is -0.870. The molecule has 0 spiro atoms. The number of carboxylic acids is 1. The van der Waals surface area contributed by atoms with Gasteiger partial charge in [0, 0.05) is 12.8 Å². The van der Waals surface area contributed by atoms with Crippen molar-refractivity contribution in [3.63, 3.8) is 0 Å². The van der Waals surface area contributed by atoms with Crippen LogP contribution in [0, 0.1) is 0 Å². The topological polar surface area (TPSA) is 111 Å². The molecule has 0 aromatic heterocycles. The summed E-state index contributed by atoms with van der Waals surface area (Å²) in [6.07, 6.45) is 39.9. The molecule has 0 heterocycles. The molecular weight excluding hydrogens is 695 g/mol. The van der Waals surface area contributed by atoms with Crippen LogP contribution in [0.5, 0.6) is 0 Å². The van der Waals surface area contributed by atoms with E-state index >= 15 is 0 Å². The summed E-state index contributed by atoms with van der Waals surface area (Å²) in [6, 6.07) is 0. The minimum absolute atomic E-state index is 0.143. The van der Waals surface area contributed by atoms with Gasteiger partial charge in [-0.3, -0.25) is 9.59 Å². The predicted octanol–water partition coefficient (Wildman–Crippen LogP) is 9.88. The highest BCUT2D eigenvalue weighted by Crippen LogP contribution is 2.13. The number of quaternary nitrogens is 1. The maximum Gasteiger partial charge on any atom is 0.306 e. The molecule has 0 fully saturated rings. The largest absolute Gasteiger partial charge is 0.545 e. The molecule has 0 aliphatic heterocycles. The summed E-state index contributed by atoms with van der Waals surface area (Å²) in [5.74, 6) is -2.31. The lowest BCUT2D eigenvalue weighted by Crippen LogP contribution is -2.44. The van der Waals surface area contributed by atoms with Gasteiger partial charge in [0.15, 0.2) is 12.4 Å². The van der Waals surface area contributed by atoms with Gasteiger partial charge in [-0.15, -0.1) is 0 Å². The Morgan fingerprint density at radius 3 is 1.56 bits per heavy atom. The quantitative estimate of drug-likeness (QED) is 0.0200. The van der Waals surface area contributed by atoms with Crippen LogP contribution in [0.3, 0.4) is 0 Å². The number of carbonyl (C=O) groups is 3. The van der Waals surface area contributed by atoms with Gasteiger partial charge < -0.3 is 33.3 Å². The highest BCUT2D eigenvalue weighted by atomic mass is 16.7. The fourth-order valence-corrected chi connectivity index (χ4v) is 5.66. The van der Waals surface area contributed by atoms with Gasteiger partial charge in [-0.25, -0.2) is 0 Å². The lowest BCUT2D eigenvalue weighted by atomic mass is 10.1.